The number of hydrogen-bond acceptors (Lipinski definition) is 2. The molecule has 0 unspecified atom stereocenters. The van der Waals surface area contributed by atoms with Crippen LogP contribution in [0.4, 0.5) is 0 Å². The molecule has 2 nitrogen and oxygen atoms in total. The highest BCUT2D eigenvalue weighted by atomic mass is 16.3. The van der Waals surface area contributed by atoms with Gasteiger partial charge in [0.25, 0.3) is 0 Å². The van der Waals surface area contributed by atoms with E-state index in [0.717, 1.165) is 25.9 Å². The van der Waals surface area contributed by atoms with Gasteiger partial charge in [-0.25, -0.2) is 0 Å². The Kier molecular flexibility index (Phi) is 3.97. The Morgan fingerprint density at radius 2 is 2.06 bits per heavy atom. The molecule has 0 saturated carbocycles. The van der Waals surface area contributed by atoms with E-state index in [-0.39, 0.29) is 6.10 Å². The fraction of sp³-hybridized carbons (Fsp3) is 0.571. The lowest BCUT2D eigenvalue weighted by atomic mass is 10.1. The van der Waals surface area contributed by atoms with Gasteiger partial charge in [-0.1, -0.05) is 30.3 Å². The van der Waals surface area contributed by atoms with Gasteiger partial charge >= 0.3 is 0 Å². The topological polar surface area (TPSA) is 23.5 Å². The van der Waals surface area contributed by atoms with Crippen molar-refractivity contribution in [3.8, 4) is 0 Å². The highest BCUT2D eigenvalue weighted by molar-refractivity contribution is 5.14. The first-order valence-corrected chi connectivity index (χ1v) is 6.23. The zero-order valence-corrected chi connectivity index (χ0v) is 9.97. The predicted molar refractivity (Wildman–Crippen MR) is 66.4 cm³/mol. The molecule has 16 heavy (non-hydrogen) atoms. The number of nitrogens with zero attached hydrogens (tertiary/aromatic N) is 1. The van der Waals surface area contributed by atoms with Crippen molar-refractivity contribution in [2.75, 3.05) is 13.1 Å². The van der Waals surface area contributed by atoms with Crippen molar-refractivity contribution in [2.45, 2.75) is 38.3 Å². The molecule has 88 valence electrons. The summed E-state index contributed by atoms with van der Waals surface area (Å²) in [4.78, 5) is 2.40. The summed E-state index contributed by atoms with van der Waals surface area (Å²) in [5, 5.41) is 9.64. The van der Waals surface area contributed by atoms with Crippen molar-refractivity contribution in [3.05, 3.63) is 35.9 Å². The van der Waals surface area contributed by atoms with Crippen LogP contribution in [-0.2, 0) is 6.42 Å². The standard InChI is InChI=1S/C14H21NO/c1-12-14(16)9-11-15(12)10-5-8-13-6-3-2-4-7-13/h2-4,6-7,12,14,16H,5,8-11H2,1H3/t12-,14+/m0/s1. The lowest BCUT2D eigenvalue weighted by Gasteiger charge is -2.22. The third-order valence-electron chi connectivity index (χ3n) is 3.60. The summed E-state index contributed by atoms with van der Waals surface area (Å²) in [5.74, 6) is 0. The molecule has 0 spiro atoms. The molecule has 0 amide bonds. The highest BCUT2D eigenvalue weighted by Crippen LogP contribution is 2.17. The Morgan fingerprint density at radius 1 is 1.31 bits per heavy atom. The van der Waals surface area contributed by atoms with E-state index in [2.05, 4.69) is 42.2 Å². The van der Waals surface area contributed by atoms with Crippen molar-refractivity contribution in [1.82, 2.24) is 4.90 Å². The van der Waals surface area contributed by atoms with Gasteiger partial charge in [-0.3, -0.25) is 4.90 Å². The van der Waals surface area contributed by atoms with Crippen LogP contribution >= 0.6 is 0 Å². The molecular weight excluding hydrogens is 198 g/mol. The van der Waals surface area contributed by atoms with E-state index in [4.69, 9.17) is 0 Å². The molecule has 1 aliphatic rings. The van der Waals surface area contributed by atoms with Crippen LogP contribution in [0.25, 0.3) is 0 Å². The average molecular weight is 219 g/mol. The number of likely N-dealkylation sites (tertiary alicyclic amines) is 1. The molecule has 2 atom stereocenters. The zero-order chi connectivity index (χ0) is 11.4. The molecule has 1 aromatic carbocycles. The van der Waals surface area contributed by atoms with Crippen molar-refractivity contribution >= 4 is 0 Å². The van der Waals surface area contributed by atoms with E-state index >= 15 is 0 Å². The van der Waals surface area contributed by atoms with Gasteiger partial charge in [0.1, 0.15) is 0 Å². The van der Waals surface area contributed by atoms with Gasteiger partial charge in [0.05, 0.1) is 6.10 Å². The highest BCUT2D eigenvalue weighted by Gasteiger charge is 2.27. The minimum Gasteiger partial charge on any atom is -0.391 e. The number of aliphatic hydroxyl groups is 1. The Hall–Kier alpha value is -0.860. The summed E-state index contributed by atoms with van der Waals surface area (Å²) in [6.07, 6.45) is 3.14. The minimum atomic E-state index is -0.114. The maximum absolute atomic E-state index is 9.64. The molecule has 1 heterocycles. The molecule has 0 radical (unpaired) electrons. The van der Waals surface area contributed by atoms with E-state index in [1.54, 1.807) is 0 Å². The molecule has 0 aliphatic carbocycles. The summed E-state index contributed by atoms with van der Waals surface area (Å²) in [7, 11) is 0. The molecule has 1 N–H and O–H groups in total. The summed E-state index contributed by atoms with van der Waals surface area (Å²) < 4.78 is 0. The second-order valence-corrected chi connectivity index (χ2v) is 4.72. The van der Waals surface area contributed by atoms with E-state index in [1.165, 1.54) is 12.0 Å². The van der Waals surface area contributed by atoms with Gasteiger partial charge in [0.2, 0.25) is 0 Å². The summed E-state index contributed by atoms with van der Waals surface area (Å²) in [5.41, 5.74) is 1.41. The zero-order valence-electron chi connectivity index (χ0n) is 9.97. The maximum Gasteiger partial charge on any atom is 0.0704 e. The van der Waals surface area contributed by atoms with E-state index in [9.17, 15) is 5.11 Å². The van der Waals surface area contributed by atoms with Gasteiger partial charge in [-0.15, -0.1) is 0 Å². The first-order valence-electron chi connectivity index (χ1n) is 6.23. The van der Waals surface area contributed by atoms with Crippen molar-refractivity contribution in [1.29, 1.82) is 0 Å². The summed E-state index contributed by atoms with van der Waals surface area (Å²) in [6.45, 7) is 4.28. The Labute approximate surface area is 97.9 Å². The first kappa shape index (κ1) is 11.6. The quantitative estimate of drug-likeness (QED) is 0.838. The van der Waals surface area contributed by atoms with Crippen molar-refractivity contribution in [2.24, 2.45) is 0 Å². The first-order chi connectivity index (χ1) is 7.77. The van der Waals surface area contributed by atoms with Gasteiger partial charge in [0, 0.05) is 12.6 Å². The third-order valence-corrected chi connectivity index (χ3v) is 3.60. The van der Waals surface area contributed by atoms with Crippen LogP contribution in [0.15, 0.2) is 30.3 Å². The second-order valence-electron chi connectivity index (χ2n) is 4.72. The van der Waals surface area contributed by atoms with Gasteiger partial charge < -0.3 is 5.11 Å². The van der Waals surface area contributed by atoms with Crippen LogP contribution in [0, 0.1) is 0 Å². The molecule has 1 aliphatic heterocycles. The summed E-state index contributed by atoms with van der Waals surface area (Å²) >= 11 is 0. The van der Waals surface area contributed by atoms with E-state index < -0.39 is 0 Å². The lowest BCUT2D eigenvalue weighted by molar-refractivity contribution is 0.126. The number of aryl methyl sites for hydroxylation is 1. The number of aliphatic hydroxyl groups excluding tert-OH is 1. The Balaban J connectivity index is 1.73. The molecule has 2 rings (SSSR count). The van der Waals surface area contributed by atoms with Crippen LogP contribution in [-0.4, -0.2) is 35.2 Å². The molecule has 1 fully saturated rings. The summed E-state index contributed by atoms with van der Waals surface area (Å²) in [6, 6.07) is 11.0. The van der Waals surface area contributed by atoms with Crippen molar-refractivity contribution in [3.63, 3.8) is 0 Å². The van der Waals surface area contributed by atoms with E-state index in [0.29, 0.717) is 6.04 Å². The molecule has 1 saturated heterocycles. The van der Waals surface area contributed by atoms with Crippen LogP contribution in [0.5, 0.6) is 0 Å². The lowest BCUT2D eigenvalue weighted by Crippen LogP contribution is -2.33. The van der Waals surface area contributed by atoms with Crippen LogP contribution < -0.4 is 0 Å². The minimum absolute atomic E-state index is 0.114. The van der Waals surface area contributed by atoms with Gasteiger partial charge in [-0.05, 0) is 38.3 Å². The normalized spacial score (nSPS) is 26.1. The van der Waals surface area contributed by atoms with Gasteiger partial charge in [-0.2, -0.15) is 0 Å². The molecule has 0 aromatic heterocycles. The van der Waals surface area contributed by atoms with Crippen molar-refractivity contribution < 1.29 is 5.11 Å². The molecule has 1 aromatic rings. The molecular formula is C14H21NO. The maximum atomic E-state index is 9.64. The van der Waals surface area contributed by atoms with Crippen LogP contribution in [0.3, 0.4) is 0 Å². The number of hydrogen-bond donors (Lipinski definition) is 1. The second kappa shape index (κ2) is 5.46. The predicted octanol–water partition coefficient (Wildman–Crippen LogP) is 2.07. The average Bonchev–Trinajstić information content (AvgIpc) is 2.62. The fourth-order valence-electron chi connectivity index (χ4n) is 2.43. The fourth-order valence-corrected chi connectivity index (χ4v) is 2.43. The third kappa shape index (κ3) is 2.83. The SMILES string of the molecule is C[C@H]1[C@H](O)CCN1CCCc1ccccc1. The number of rotatable bonds is 4. The molecule has 0 bridgehead atoms. The van der Waals surface area contributed by atoms with Gasteiger partial charge in [0.15, 0.2) is 0 Å². The molecule has 2 heteroatoms. The van der Waals surface area contributed by atoms with E-state index in [1.807, 2.05) is 0 Å². The monoisotopic (exact) mass is 219 g/mol. The Morgan fingerprint density at radius 3 is 2.69 bits per heavy atom. The van der Waals surface area contributed by atoms with Crippen LogP contribution in [0.1, 0.15) is 25.3 Å². The Bertz CT molecular complexity index is 312. The smallest absolute Gasteiger partial charge is 0.0704 e. The number of benzene rings is 1. The largest absolute Gasteiger partial charge is 0.391 e. The van der Waals surface area contributed by atoms with Crippen LogP contribution in [0.2, 0.25) is 0 Å².